The SMILES string of the molecule is C=C(C)[C@@H]1CCC(C)=C[C@@H]1c1c(O)cc(CCc2ccccc2)cc1O.C=C(C)[C@@H]1CCC(C)=C[C@@H]1c1c(O[Si](C)(C)C)cc(OS(=O)(=O)C(F)(F)F)cc1O[Si](C)(C)C. The van der Waals surface area contributed by atoms with Gasteiger partial charge in [0.1, 0.15) is 28.7 Å². The van der Waals surface area contributed by atoms with Crippen molar-refractivity contribution < 1.29 is 44.8 Å². The zero-order chi connectivity index (χ0) is 45.0. The molecule has 0 amide bonds. The van der Waals surface area contributed by atoms with E-state index in [0.717, 1.165) is 55.2 Å². The lowest BCUT2D eigenvalue weighted by molar-refractivity contribution is -0.0500. The Bertz CT molecular complexity index is 2140. The average molecular weight is 885 g/mol. The summed E-state index contributed by atoms with van der Waals surface area (Å²) in [6.45, 7) is 28.1. The van der Waals surface area contributed by atoms with Gasteiger partial charge in [-0.1, -0.05) is 77.9 Å². The molecule has 0 saturated heterocycles. The zero-order valence-corrected chi connectivity index (χ0v) is 39.6. The van der Waals surface area contributed by atoms with Gasteiger partial charge in [-0.25, -0.2) is 0 Å². The third-order valence-corrected chi connectivity index (χ3v) is 13.2. The highest BCUT2D eigenvalue weighted by molar-refractivity contribution is 7.88. The molecule has 4 atom stereocenters. The van der Waals surface area contributed by atoms with Crippen molar-refractivity contribution in [3.63, 3.8) is 0 Å². The minimum Gasteiger partial charge on any atom is -0.544 e. The molecule has 0 aromatic heterocycles. The van der Waals surface area contributed by atoms with Gasteiger partial charge in [0.05, 0.1) is 0 Å². The Balaban J connectivity index is 0.000000273. The third kappa shape index (κ3) is 13.1. The van der Waals surface area contributed by atoms with Crippen LogP contribution in [0.5, 0.6) is 28.7 Å². The van der Waals surface area contributed by atoms with E-state index in [2.05, 4.69) is 48.5 Å². The van der Waals surface area contributed by atoms with E-state index >= 15 is 0 Å². The van der Waals surface area contributed by atoms with Crippen LogP contribution in [0.3, 0.4) is 0 Å². The van der Waals surface area contributed by atoms with Gasteiger partial charge in [-0.3, -0.25) is 0 Å². The van der Waals surface area contributed by atoms with Gasteiger partial charge in [0.25, 0.3) is 0 Å². The third-order valence-electron chi connectivity index (χ3n) is 10.6. The van der Waals surface area contributed by atoms with Crippen LogP contribution in [0.4, 0.5) is 13.2 Å². The molecule has 0 heterocycles. The summed E-state index contributed by atoms with van der Waals surface area (Å²) < 4.78 is 79.7. The second-order valence-electron chi connectivity index (χ2n) is 18.3. The van der Waals surface area contributed by atoms with E-state index in [1.54, 1.807) is 0 Å². The molecule has 13 heteroatoms. The van der Waals surface area contributed by atoms with Gasteiger partial charge in [-0.2, -0.15) is 21.6 Å². The van der Waals surface area contributed by atoms with E-state index in [0.29, 0.717) is 11.1 Å². The molecule has 3 aromatic rings. The van der Waals surface area contributed by atoms with Crippen LogP contribution >= 0.6 is 0 Å². The Morgan fingerprint density at radius 1 is 0.717 bits per heavy atom. The van der Waals surface area contributed by atoms with E-state index in [1.807, 2.05) is 90.4 Å². The standard InChI is InChI=1S/C24H28O2.C23H35F3O5SSi2/c1-16(2)20-12-9-17(3)13-21(20)24-22(25)14-19(15-23(24)26)11-10-18-7-5-4-6-8-18;1-15(2)18-11-10-16(3)12-19(18)22-20(30-33(4,5)6)13-17(14-21(22)31-34(7,8)9)29-32(27,28)23(24,25)26/h4-8,13-15,20-21,25-26H,1,9-12H2,2-3H3;12-14,18-19H,1,10-11H2,2-9H3/t20-,21-;18-,19-/m00/s1. The van der Waals surface area contributed by atoms with E-state index in [4.69, 9.17) is 8.85 Å². The lowest BCUT2D eigenvalue weighted by Gasteiger charge is -2.35. The highest BCUT2D eigenvalue weighted by Gasteiger charge is 2.49. The number of halogens is 3. The maximum absolute atomic E-state index is 13.0. The smallest absolute Gasteiger partial charge is 0.534 e. The summed E-state index contributed by atoms with van der Waals surface area (Å²) in [5.74, 6) is 0.583. The number of rotatable bonds is 13. The fraction of sp³-hybridized carbons (Fsp3) is 0.447. The van der Waals surface area contributed by atoms with Crippen molar-refractivity contribution in [2.75, 3.05) is 0 Å². The molecule has 60 heavy (non-hydrogen) atoms. The number of hydrogen-bond acceptors (Lipinski definition) is 7. The second-order valence-corrected chi connectivity index (χ2v) is 28.7. The molecule has 2 N–H and O–H groups in total. The van der Waals surface area contributed by atoms with Gasteiger partial charge in [-0.15, -0.1) is 0 Å². The maximum atomic E-state index is 13.0. The summed E-state index contributed by atoms with van der Waals surface area (Å²) >= 11 is 0. The largest absolute Gasteiger partial charge is 0.544 e. The summed E-state index contributed by atoms with van der Waals surface area (Å²) in [6.07, 6.45) is 9.81. The van der Waals surface area contributed by atoms with E-state index in [-0.39, 0.29) is 46.7 Å². The normalized spacial score (nSPS) is 19.9. The van der Waals surface area contributed by atoms with Gasteiger partial charge in [0.15, 0.2) is 0 Å². The maximum Gasteiger partial charge on any atom is 0.534 e. The number of phenolic OH excluding ortho intramolecular Hbond substituents is 2. The number of phenols is 2. The molecule has 0 unspecified atom stereocenters. The number of alkyl halides is 3. The second kappa shape index (κ2) is 19.2. The molecule has 7 nitrogen and oxygen atoms in total. The lowest BCUT2D eigenvalue weighted by atomic mass is 9.73. The first-order valence-electron chi connectivity index (χ1n) is 20.5. The summed E-state index contributed by atoms with van der Waals surface area (Å²) in [5, 5.41) is 21.4. The molecule has 0 saturated carbocycles. The molecule has 328 valence electrons. The van der Waals surface area contributed by atoms with Crippen LogP contribution in [0.2, 0.25) is 39.3 Å². The minimum atomic E-state index is -5.86. The Morgan fingerprint density at radius 3 is 1.53 bits per heavy atom. The highest BCUT2D eigenvalue weighted by Crippen LogP contribution is 2.50. The summed E-state index contributed by atoms with van der Waals surface area (Å²) in [5.41, 5.74) is 2.55. The van der Waals surface area contributed by atoms with Gasteiger partial charge in [-0.05, 0) is 141 Å². The number of aryl methyl sites for hydroxylation is 2. The van der Waals surface area contributed by atoms with Crippen LogP contribution < -0.4 is 13.0 Å². The first-order valence-corrected chi connectivity index (χ1v) is 28.7. The Hall–Kier alpha value is -4.21. The first kappa shape index (κ1) is 48.5. The lowest BCUT2D eigenvalue weighted by Crippen LogP contribution is -2.33. The van der Waals surface area contributed by atoms with Crippen LogP contribution in [0, 0.1) is 11.8 Å². The fourth-order valence-electron chi connectivity index (χ4n) is 7.87. The monoisotopic (exact) mass is 884 g/mol. The average Bonchev–Trinajstić information content (AvgIpc) is 3.09. The molecule has 0 spiro atoms. The van der Waals surface area contributed by atoms with Crippen LogP contribution in [0.25, 0.3) is 0 Å². The van der Waals surface area contributed by atoms with Gasteiger partial charge in [0, 0.05) is 35.1 Å². The van der Waals surface area contributed by atoms with Gasteiger partial charge >= 0.3 is 15.6 Å². The number of aromatic hydroxyl groups is 2. The molecule has 0 aliphatic heterocycles. The van der Waals surface area contributed by atoms with Crippen molar-refractivity contribution in [1.29, 1.82) is 0 Å². The molecule has 5 rings (SSSR count). The fourth-order valence-corrected chi connectivity index (χ4v) is 9.97. The Kier molecular flexibility index (Phi) is 15.5. The van der Waals surface area contributed by atoms with Crippen LogP contribution in [0.15, 0.2) is 102 Å². The molecular weight excluding hydrogens is 822 g/mol. The predicted octanol–water partition coefficient (Wildman–Crippen LogP) is 13.3. The van der Waals surface area contributed by atoms with Crippen molar-refractivity contribution >= 4 is 26.8 Å². The van der Waals surface area contributed by atoms with Crippen molar-refractivity contribution in [2.24, 2.45) is 11.8 Å². The number of hydrogen-bond donors (Lipinski definition) is 2. The van der Waals surface area contributed by atoms with E-state index < -0.39 is 38.0 Å². The van der Waals surface area contributed by atoms with E-state index in [1.165, 1.54) is 28.8 Å². The van der Waals surface area contributed by atoms with Gasteiger partial charge < -0.3 is 23.2 Å². The van der Waals surface area contributed by atoms with E-state index in [9.17, 15) is 31.8 Å². The van der Waals surface area contributed by atoms with Crippen molar-refractivity contribution in [3.8, 4) is 28.7 Å². The number of allylic oxidation sites excluding steroid dienone is 6. The molecular formula is C47H63F3O7SSi2. The van der Waals surface area contributed by atoms with Crippen molar-refractivity contribution in [1.82, 2.24) is 0 Å². The Morgan fingerprint density at radius 2 is 1.13 bits per heavy atom. The minimum absolute atomic E-state index is 0.00979. The van der Waals surface area contributed by atoms with Crippen molar-refractivity contribution in [2.45, 2.75) is 123 Å². The summed E-state index contributed by atoms with van der Waals surface area (Å²) in [4.78, 5) is 0. The molecule has 0 radical (unpaired) electrons. The molecule has 2 aliphatic rings. The molecule has 3 aromatic carbocycles. The highest BCUT2D eigenvalue weighted by atomic mass is 32.2. The molecule has 0 bridgehead atoms. The molecule has 0 fully saturated rings. The van der Waals surface area contributed by atoms with Gasteiger partial charge in [0.2, 0.25) is 16.6 Å². The Labute approximate surface area is 358 Å². The quantitative estimate of drug-likeness (QED) is 0.0763. The zero-order valence-electron chi connectivity index (χ0n) is 36.8. The summed E-state index contributed by atoms with van der Waals surface area (Å²) in [7, 11) is -10.4. The van der Waals surface area contributed by atoms with Crippen LogP contribution in [0.1, 0.15) is 87.5 Å². The van der Waals surface area contributed by atoms with Crippen molar-refractivity contribution in [3.05, 3.63) is 124 Å². The predicted molar refractivity (Wildman–Crippen MR) is 242 cm³/mol. The number of benzene rings is 3. The first-order chi connectivity index (χ1) is 27.7. The topological polar surface area (TPSA) is 102 Å². The molecule has 2 aliphatic carbocycles. The summed E-state index contributed by atoms with van der Waals surface area (Å²) in [6, 6.07) is 16.4. The van der Waals surface area contributed by atoms with Crippen LogP contribution in [-0.4, -0.2) is 40.8 Å². The van der Waals surface area contributed by atoms with Crippen LogP contribution in [-0.2, 0) is 23.0 Å².